The number of Topliss-reactive ketones (excluding diaryl/α,β-unsaturated/α-hetero) is 1. The highest BCUT2D eigenvalue weighted by Gasteiger charge is 2.13. The highest BCUT2D eigenvalue weighted by atomic mass is 79.9. The van der Waals surface area contributed by atoms with Crippen molar-refractivity contribution < 1.29 is 13.2 Å². The molecule has 0 fully saturated rings. The second-order valence-corrected chi connectivity index (χ2v) is 5.13. The zero-order valence-electron chi connectivity index (χ0n) is 7.32. The van der Waals surface area contributed by atoms with Gasteiger partial charge in [-0.2, -0.15) is 0 Å². The average Bonchev–Trinajstić information content (AvgIpc) is 2.01. The molecule has 2 N–H and O–H groups in total. The van der Waals surface area contributed by atoms with Gasteiger partial charge in [-0.05, 0) is 35.0 Å². The molecule has 0 spiro atoms. The molecule has 0 aliphatic carbocycles. The van der Waals surface area contributed by atoms with Gasteiger partial charge in [0.2, 0.25) is 10.0 Å². The molecule has 1 rings (SSSR count). The molecule has 0 heterocycles. The lowest BCUT2D eigenvalue weighted by Crippen LogP contribution is -2.13. The van der Waals surface area contributed by atoms with Gasteiger partial charge >= 0.3 is 0 Å². The summed E-state index contributed by atoms with van der Waals surface area (Å²) in [7, 11) is -3.73. The smallest absolute Gasteiger partial charge is 0.239 e. The molecule has 1 aromatic carbocycles. The van der Waals surface area contributed by atoms with E-state index < -0.39 is 10.0 Å². The third-order valence-electron chi connectivity index (χ3n) is 1.64. The number of ketones is 1. The number of nitrogens with two attached hydrogens (primary N) is 1. The molecule has 76 valence electrons. The van der Waals surface area contributed by atoms with E-state index in [1.807, 2.05) is 0 Å². The fourth-order valence-corrected chi connectivity index (χ4v) is 2.59. The first-order valence-corrected chi connectivity index (χ1v) is 5.99. The summed E-state index contributed by atoms with van der Waals surface area (Å²) in [6.07, 6.45) is 0. The highest BCUT2D eigenvalue weighted by molar-refractivity contribution is 9.10. The number of carbonyl (C=O) groups excluding carboxylic acids is 1. The van der Waals surface area contributed by atoms with E-state index in [9.17, 15) is 13.2 Å². The maximum atomic E-state index is 11.0. The Morgan fingerprint density at radius 1 is 1.43 bits per heavy atom. The van der Waals surface area contributed by atoms with Gasteiger partial charge in [0.15, 0.2) is 5.78 Å². The van der Waals surface area contributed by atoms with Crippen LogP contribution in [0.1, 0.15) is 17.3 Å². The summed E-state index contributed by atoms with van der Waals surface area (Å²) >= 11 is 3.04. The molecule has 0 aliphatic heterocycles. The Kier molecular flexibility index (Phi) is 3.08. The quantitative estimate of drug-likeness (QED) is 0.828. The Labute approximate surface area is 90.3 Å². The molecule has 0 saturated heterocycles. The molecule has 0 amide bonds. The Morgan fingerprint density at radius 2 is 2.00 bits per heavy atom. The van der Waals surface area contributed by atoms with E-state index in [4.69, 9.17) is 5.14 Å². The van der Waals surface area contributed by atoms with Gasteiger partial charge in [0.1, 0.15) is 0 Å². The van der Waals surface area contributed by atoms with Crippen LogP contribution in [0.3, 0.4) is 0 Å². The first-order chi connectivity index (χ1) is 6.32. The van der Waals surface area contributed by atoms with Crippen molar-refractivity contribution in [2.45, 2.75) is 11.8 Å². The Morgan fingerprint density at radius 3 is 2.36 bits per heavy atom. The molecule has 0 atom stereocenters. The predicted molar refractivity (Wildman–Crippen MR) is 55.5 cm³/mol. The molecule has 0 saturated carbocycles. The van der Waals surface area contributed by atoms with Gasteiger partial charge in [-0.3, -0.25) is 4.79 Å². The SMILES string of the molecule is CC(=O)c1ccc(S(N)(=O)=O)c(Br)c1. The molecule has 0 bridgehead atoms. The summed E-state index contributed by atoms with van der Waals surface area (Å²) in [6, 6.07) is 4.16. The van der Waals surface area contributed by atoms with Crippen LogP contribution in [0.2, 0.25) is 0 Å². The first-order valence-electron chi connectivity index (χ1n) is 3.65. The second-order valence-electron chi connectivity index (χ2n) is 2.75. The minimum atomic E-state index is -3.73. The molecular weight excluding hydrogens is 270 g/mol. The molecule has 14 heavy (non-hydrogen) atoms. The lowest BCUT2D eigenvalue weighted by atomic mass is 10.2. The molecule has 0 radical (unpaired) electrons. The van der Waals surface area contributed by atoms with E-state index in [1.54, 1.807) is 0 Å². The molecule has 6 heteroatoms. The van der Waals surface area contributed by atoms with Gasteiger partial charge < -0.3 is 0 Å². The van der Waals surface area contributed by atoms with Crippen molar-refractivity contribution in [3.05, 3.63) is 28.2 Å². The van der Waals surface area contributed by atoms with Crippen molar-refractivity contribution in [2.75, 3.05) is 0 Å². The van der Waals surface area contributed by atoms with E-state index in [0.717, 1.165) is 0 Å². The largest absolute Gasteiger partial charge is 0.295 e. The summed E-state index contributed by atoms with van der Waals surface area (Å²) < 4.78 is 22.3. The molecule has 0 unspecified atom stereocenters. The number of sulfonamides is 1. The number of primary sulfonamides is 1. The maximum Gasteiger partial charge on any atom is 0.239 e. The monoisotopic (exact) mass is 277 g/mol. The van der Waals surface area contributed by atoms with Crippen molar-refractivity contribution in [3.8, 4) is 0 Å². The van der Waals surface area contributed by atoms with Crippen LogP contribution in [-0.2, 0) is 10.0 Å². The predicted octanol–water partition coefficient (Wildman–Crippen LogP) is 1.30. The van der Waals surface area contributed by atoms with E-state index in [-0.39, 0.29) is 10.7 Å². The average molecular weight is 278 g/mol. The van der Waals surface area contributed by atoms with Gasteiger partial charge in [-0.1, -0.05) is 6.07 Å². The third-order valence-corrected chi connectivity index (χ3v) is 3.53. The van der Waals surface area contributed by atoms with Crippen LogP contribution in [0.15, 0.2) is 27.6 Å². The number of hydrogen-bond donors (Lipinski definition) is 1. The standard InChI is InChI=1S/C8H8BrNO3S/c1-5(11)6-2-3-8(7(9)4-6)14(10,12)13/h2-4H,1H3,(H2,10,12,13). The summed E-state index contributed by atoms with van der Waals surface area (Å²) in [6.45, 7) is 1.40. The van der Waals surface area contributed by atoms with Crippen LogP contribution in [0.25, 0.3) is 0 Å². The molecule has 0 aromatic heterocycles. The number of rotatable bonds is 2. The van der Waals surface area contributed by atoms with Crippen molar-refractivity contribution >= 4 is 31.7 Å². The zero-order valence-corrected chi connectivity index (χ0v) is 9.72. The molecule has 0 aliphatic rings. The van der Waals surface area contributed by atoms with Crippen LogP contribution in [-0.4, -0.2) is 14.2 Å². The fourth-order valence-electron chi connectivity index (χ4n) is 0.951. The molecule has 4 nitrogen and oxygen atoms in total. The van der Waals surface area contributed by atoms with E-state index in [1.165, 1.54) is 25.1 Å². The number of benzene rings is 1. The summed E-state index contributed by atoms with van der Waals surface area (Å²) in [5.41, 5.74) is 0.435. The highest BCUT2D eigenvalue weighted by Crippen LogP contribution is 2.22. The van der Waals surface area contributed by atoms with E-state index in [0.29, 0.717) is 10.0 Å². The summed E-state index contributed by atoms with van der Waals surface area (Å²) in [5, 5.41) is 4.94. The lowest BCUT2D eigenvalue weighted by molar-refractivity contribution is 0.101. The minimum absolute atomic E-state index is 0.0255. The van der Waals surface area contributed by atoms with Gasteiger partial charge in [0.05, 0.1) is 4.90 Å². The van der Waals surface area contributed by atoms with Crippen LogP contribution < -0.4 is 5.14 Å². The van der Waals surface area contributed by atoms with Crippen LogP contribution in [0.5, 0.6) is 0 Å². The van der Waals surface area contributed by atoms with Crippen molar-refractivity contribution in [1.82, 2.24) is 0 Å². The van der Waals surface area contributed by atoms with E-state index >= 15 is 0 Å². The number of halogens is 1. The topological polar surface area (TPSA) is 77.2 Å². The number of carbonyl (C=O) groups is 1. The normalized spacial score (nSPS) is 11.4. The Hall–Kier alpha value is -0.720. The Balaban J connectivity index is 3.35. The maximum absolute atomic E-state index is 11.0. The lowest BCUT2D eigenvalue weighted by Gasteiger charge is -2.02. The first kappa shape index (κ1) is 11.4. The van der Waals surface area contributed by atoms with Gasteiger partial charge in [-0.25, -0.2) is 13.6 Å². The molecule has 1 aromatic rings. The van der Waals surface area contributed by atoms with E-state index in [2.05, 4.69) is 15.9 Å². The third kappa shape index (κ3) is 2.40. The van der Waals surface area contributed by atoms with Crippen LogP contribution >= 0.6 is 15.9 Å². The van der Waals surface area contributed by atoms with Gasteiger partial charge in [0.25, 0.3) is 0 Å². The number of hydrogen-bond acceptors (Lipinski definition) is 3. The Bertz CT molecular complexity index is 481. The summed E-state index contributed by atoms with van der Waals surface area (Å²) in [5.74, 6) is -0.133. The van der Waals surface area contributed by atoms with Crippen molar-refractivity contribution in [3.63, 3.8) is 0 Å². The zero-order chi connectivity index (χ0) is 10.9. The molecular formula is C8H8BrNO3S. The summed E-state index contributed by atoms with van der Waals surface area (Å²) in [4.78, 5) is 10.9. The fraction of sp³-hybridized carbons (Fsp3) is 0.125. The van der Waals surface area contributed by atoms with Gasteiger partial charge in [0, 0.05) is 10.0 Å². The van der Waals surface area contributed by atoms with Crippen LogP contribution in [0.4, 0.5) is 0 Å². The second kappa shape index (κ2) is 3.80. The van der Waals surface area contributed by atoms with Crippen molar-refractivity contribution in [1.29, 1.82) is 0 Å². The minimum Gasteiger partial charge on any atom is -0.295 e. The van der Waals surface area contributed by atoms with Crippen molar-refractivity contribution in [2.24, 2.45) is 5.14 Å². The van der Waals surface area contributed by atoms with Crippen LogP contribution in [0, 0.1) is 0 Å². The van der Waals surface area contributed by atoms with Gasteiger partial charge in [-0.15, -0.1) is 0 Å².